The average Bonchev–Trinajstić information content (AvgIpc) is 2.49. The predicted molar refractivity (Wildman–Crippen MR) is 85.2 cm³/mol. The Kier molecular flexibility index (Phi) is 6.06. The van der Waals surface area contributed by atoms with Gasteiger partial charge >= 0.3 is 5.97 Å². The number of nitrogens with one attached hydrogen (secondary N) is 1. The molecule has 0 amide bonds. The average molecular weight is 296 g/mol. The molecule has 0 aromatic carbocycles. The lowest BCUT2D eigenvalue weighted by Gasteiger charge is -2.40. The summed E-state index contributed by atoms with van der Waals surface area (Å²) in [5.74, 6) is 0.121. The molecule has 0 spiro atoms. The van der Waals surface area contributed by atoms with E-state index in [0.29, 0.717) is 18.1 Å². The Balaban J connectivity index is 1.76. The van der Waals surface area contributed by atoms with Gasteiger partial charge in [0.05, 0.1) is 12.5 Å². The highest BCUT2D eigenvalue weighted by Crippen LogP contribution is 2.31. The van der Waals surface area contributed by atoms with Crippen molar-refractivity contribution in [3.05, 3.63) is 0 Å². The third-order valence-electron chi connectivity index (χ3n) is 5.31. The van der Waals surface area contributed by atoms with E-state index in [1.807, 2.05) is 6.92 Å². The number of hydrogen-bond donors (Lipinski definition) is 1. The third-order valence-corrected chi connectivity index (χ3v) is 5.31. The molecule has 1 N–H and O–H groups in total. The van der Waals surface area contributed by atoms with Crippen LogP contribution in [0.25, 0.3) is 0 Å². The summed E-state index contributed by atoms with van der Waals surface area (Å²) in [6.07, 6.45) is 6.83. The number of piperidine rings is 1. The van der Waals surface area contributed by atoms with Gasteiger partial charge in [0.15, 0.2) is 0 Å². The van der Waals surface area contributed by atoms with Crippen LogP contribution in [0, 0.1) is 11.3 Å². The zero-order valence-electron chi connectivity index (χ0n) is 14.0. The lowest BCUT2D eigenvalue weighted by molar-refractivity contribution is -0.149. The first-order valence-electron chi connectivity index (χ1n) is 8.61. The summed E-state index contributed by atoms with van der Waals surface area (Å²) in [4.78, 5) is 14.3. The summed E-state index contributed by atoms with van der Waals surface area (Å²) in [5, 5.41) is 3.75. The smallest absolute Gasteiger partial charge is 0.308 e. The zero-order valence-corrected chi connectivity index (χ0v) is 14.0. The minimum atomic E-state index is 0.00880. The maximum Gasteiger partial charge on any atom is 0.308 e. The van der Waals surface area contributed by atoms with E-state index in [0.717, 1.165) is 25.8 Å². The van der Waals surface area contributed by atoms with E-state index in [4.69, 9.17) is 4.74 Å². The molecule has 0 radical (unpaired) electrons. The number of hydrogen-bond acceptors (Lipinski definition) is 4. The van der Waals surface area contributed by atoms with Gasteiger partial charge in [-0.05, 0) is 64.6 Å². The van der Waals surface area contributed by atoms with Crippen LogP contribution in [0.2, 0.25) is 0 Å². The van der Waals surface area contributed by atoms with Crippen molar-refractivity contribution in [3.63, 3.8) is 0 Å². The van der Waals surface area contributed by atoms with Crippen molar-refractivity contribution in [2.24, 2.45) is 11.3 Å². The minimum absolute atomic E-state index is 0.00880. The predicted octanol–water partition coefficient (Wildman–Crippen LogP) is 2.43. The number of nitrogens with zero attached hydrogens (tertiary/aromatic N) is 1. The maximum absolute atomic E-state index is 11.9. The van der Waals surface area contributed by atoms with Gasteiger partial charge in [-0.1, -0.05) is 13.3 Å². The van der Waals surface area contributed by atoms with Crippen LogP contribution in [0.4, 0.5) is 0 Å². The van der Waals surface area contributed by atoms with Gasteiger partial charge < -0.3 is 15.0 Å². The second kappa shape index (κ2) is 7.59. The normalized spacial score (nSPS) is 30.0. The van der Waals surface area contributed by atoms with Crippen LogP contribution in [0.15, 0.2) is 0 Å². The van der Waals surface area contributed by atoms with E-state index < -0.39 is 0 Å². The molecule has 2 aliphatic rings. The van der Waals surface area contributed by atoms with Crippen LogP contribution in [-0.4, -0.2) is 50.2 Å². The third kappa shape index (κ3) is 4.96. The molecule has 2 unspecified atom stereocenters. The molecule has 1 saturated carbocycles. The Bertz CT molecular complexity index is 338. The summed E-state index contributed by atoms with van der Waals surface area (Å²) in [6, 6.07) is 0.490. The summed E-state index contributed by atoms with van der Waals surface area (Å²) < 4.78 is 5.18. The first-order chi connectivity index (χ1) is 10.0. The Hall–Kier alpha value is -0.610. The van der Waals surface area contributed by atoms with Crippen molar-refractivity contribution in [1.29, 1.82) is 0 Å². The van der Waals surface area contributed by atoms with Crippen LogP contribution in [0.5, 0.6) is 0 Å². The lowest BCUT2D eigenvalue weighted by Crippen LogP contribution is -2.46. The molecule has 2 fully saturated rings. The molecule has 1 aliphatic heterocycles. The van der Waals surface area contributed by atoms with Crippen LogP contribution in [-0.2, 0) is 9.53 Å². The SMILES string of the molecule is CCOC(=O)C1CCCC(NCC2(C)CCN(C)CC2)C1. The van der Waals surface area contributed by atoms with Gasteiger partial charge in [0.25, 0.3) is 0 Å². The molecule has 2 rings (SSSR count). The van der Waals surface area contributed by atoms with Gasteiger partial charge in [0.2, 0.25) is 0 Å². The zero-order chi connectivity index (χ0) is 15.3. The van der Waals surface area contributed by atoms with E-state index in [2.05, 4.69) is 24.2 Å². The highest BCUT2D eigenvalue weighted by Gasteiger charge is 2.32. The monoisotopic (exact) mass is 296 g/mol. The van der Waals surface area contributed by atoms with E-state index in [9.17, 15) is 4.79 Å². The number of rotatable bonds is 5. The fourth-order valence-corrected chi connectivity index (χ4v) is 3.58. The summed E-state index contributed by atoms with van der Waals surface area (Å²) in [7, 11) is 2.21. The summed E-state index contributed by atoms with van der Waals surface area (Å²) in [6.45, 7) is 8.28. The van der Waals surface area contributed by atoms with Crippen molar-refractivity contribution >= 4 is 5.97 Å². The van der Waals surface area contributed by atoms with E-state index >= 15 is 0 Å². The Morgan fingerprint density at radius 2 is 2.05 bits per heavy atom. The van der Waals surface area contributed by atoms with E-state index in [1.165, 1.54) is 32.4 Å². The molecule has 2 atom stereocenters. The van der Waals surface area contributed by atoms with Crippen molar-refractivity contribution in [2.75, 3.05) is 33.3 Å². The highest BCUT2D eigenvalue weighted by atomic mass is 16.5. The molecule has 4 heteroatoms. The summed E-state index contributed by atoms with van der Waals surface area (Å²) >= 11 is 0. The van der Waals surface area contributed by atoms with Crippen molar-refractivity contribution in [2.45, 2.75) is 58.4 Å². The molecular weight excluding hydrogens is 264 g/mol. The van der Waals surface area contributed by atoms with E-state index in [1.54, 1.807) is 0 Å². The topological polar surface area (TPSA) is 41.6 Å². The number of likely N-dealkylation sites (tertiary alicyclic amines) is 1. The fourth-order valence-electron chi connectivity index (χ4n) is 3.58. The first kappa shape index (κ1) is 16.8. The van der Waals surface area contributed by atoms with Crippen LogP contribution < -0.4 is 5.32 Å². The molecular formula is C17H32N2O2. The molecule has 1 saturated heterocycles. The van der Waals surface area contributed by atoms with Gasteiger partial charge in [0, 0.05) is 12.6 Å². The van der Waals surface area contributed by atoms with Crippen molar-refractivity contribution < 1.29 is 9.53 Å². The van der Waals surface area contributed by atoms with Crippen LogP contribution in [0.1, 0.15) is 52.4 Å². The van der Waals surface area contributed by atoms with E-state index in [-0.39, 0.29) is 11.9 Å². The Morgan fingerprint density at radius 1 is 1.33 bits per heavy atom. The second-order valence-electron chi connectivity index (χ2n) is 7.31. The largest absolute Gasteiger partial charge is 0.466 e. The van der Waals surface area contributed by atoms with Crippen molar-refractivity contribution in [3.8, 4) is 0 Å². The molecule has 21 heavy (non-hydrogen) atoms. The van der Waals surface area contributed by atoms with Gasteiger partial charge in [-0.3, -0.25) is 4.79 Å². The van der Waals surface area contributed by atoms with Gasteiger partial charge in [-0.2, -0.15) is 0 Å². The molecule has 0 aromatic rings. The number of carbonyl (C=O) groups excluding carboxylic acids is 1. The molecule has 0 bridgehead atoms. The molecule has 1 heterocycles. The number of carbonyl (C=O) groups is 1. The van der Waals surface area contributed by atoms with Gasteiger partial charge in [-0.25, -0.2) is 0 Å². The minimum Gasteiger partial charge on any atom is -0.466 e. The fraction of sp³-hybridized carbons (Fsp3) is 0.941. The van der Waals surface area contributed by atoms with Crippen LogP contribution in [0.3, 0.4) is 0 Å². The number of ether oxygens (including phenoxy) is 1. The highest BCUT2D eigenvalue weighted by molar-refractivity contribution is 5.72. The van der Waals surface area contributed by atoms with Gasteiger partial charge in [0.1, 0.15) is 0 Å². The number of esters is 1. The standard InChI is InChI=1S/C17H32N2O2/c1-4-21-16(20)14-6-5-7-15(12-14)18-13-17(2)8-10-19(3)11-9-17/h14-15,18H,4-13H2,1-3H3. The second-order valence-corrected chi connectivity index (χ2v) is 7.31. The molecule has 1 aliphatic carbocycles. The first-order valence-corrected chi connectivity index (χ1v) is 8.61. The molecule has 4 nitrogen and oxygen atoms in total. The van der Waals surface area contributed by atoms with Crippen LogP contribution >= 0.6 is 0 Å². The summed E-state index contributed by atoms with van der Waals surface area (Å²) in [5.41, 5.74) is 0.420. The quantitative estimate of drug-likeness (QED) is 0.791. The Labute approximate surface area is 129 Å². The Morgan fingerprint density at radius 3 is 2.71 bits per heavy atom. The molecule has 0 aromatic heterocycles. The van der Waals surface area contributed by atoms with Gasteiger partial charge in [-0.15, -0.1) is 0 Å². The lowest BCUT2D eigenvalue weighted by atomic mass is 9.79. The maximum atomic E-state index is 11.9. The molecule has 122 valence electrons. The van der Waals surface area contributed by atoms with Crippen molar-refractivity contribution in [1.82, 2.24) is 10.2 Å².